The molecule has 0 amide bonds. The lowest BCUT2D eigenvalue weighted by atomic mass is 10.1. The minimum atomic E-state index is -0.204. The van der Waals surface area contributed by atoms with Crippen LogP contribution in [0.2, 0.25) is 10.0 Å². The number of rotatable bonds is 4. The molecular weight excluding hydrogens is 310 g/mol. The van der Waals surface area contributed by atoms with Gasteiger partial charge in [0.1, 0.15) is 5.82 Å². The minimum absolute atomic E-state index is 0.204. The molecule has 0 aromatic heterocycles. The summed E-state index contributed by atoms with van der Waals surface area (Å²) in [5, 5.41) is 4.28. The second-order valence-electron chi connectivity index (χ2n) is 5.14. The molecule has 110 valence electrons. The van der Waals surface area contributed by atoms with Crippen molar-refractivity contribution in [3.05, 3.63) is 63.9 Å². The van der Waals surface area contributed by atoms with Crippen LogP contribution in [0.15, 0.2) is 42.5 Å². The van der Waals surface area contributed by atoms with Gasteiger partial charge in [-0.1, -0.05) is 41.4 Å². The van der Waals surface area contributed by atoms with Gasteiger partial charge >= 0.3 is 0 Å². The molecule has 0 aliphatic carbocycles. The van der Waals surface area contributed by atoms with Crippen LogP contribution in [0.3, 0.4) is 0 Å². The van der Waals surface area contributed by atoms with E-state index in [-0.39, 0.29) is 11.9 Å². The van der Waals surface area contributed by atoms with E-state index in [9.17, 15) is 4.39 Å². The zero-order chi connectivity index (χ0) is 14.8. The lowest BCUT2D eigenvalue weighted by Crippen LogP contribution is -2.57. The van der Waals surface area contributed by atoms with Crippen LogP contribution < -0.4 is 10.2 Å². The maximum Gasteiger partial charge on any atom is 0.146 e. The Morgan fingerprint density at radius 2 is 1.86 bits per heavy atom. The van der Waals surface area contributed by atoms with Crippen LogP contribution >= 0.6 is 23.2 Å². The van der Waals surface area contributed by atoms with E-state index in [1.54, 1.807) is 12.1 Å². The van der Waals surface area contributed by atoms with E-state index in [0.29, 0.717) is 22.3 Å². The molecule has 1 aliphatic rings. The summed E-state index contributed by atoms with van der Waals surface area (Å²) in [5.74, 6) is -0.204. The van der Waals surface area contributed by atoms with Crippen LogP contribution in [0.5, 0.6) is 0 Å². The number of benzene rings is 2. The molecule has 1 saturated heterocycles. The summed E-state index contributed by atoms with van der Waals surface area (Å²) in [4.78, 5) is 2.07. The van der Waals surface area contributed by atoms with Gasteiger partial charge < -0.3 is 10.2 Å². The van der Waals surface area contributed by atoms with Gasteiger partial charge in [-0.25, -0.2) is 4.39 Å². The van der Waals surface area contributed by atoms with Gasteiger partial charge in [0, 0.05) is 19.6 Å². The monoisotopic (exact) mass is 324 g/mol. The van der Waals surface area contributed by atoms with Crippen molar-refractivity contribution in [2.75, 3.05) is 18.0 Å². The molecule has 0 bridgehead atoms. The van der Waals surface area contributed by atoms with Crippen LogP contribution in [0.1, 0.15) is 5.56 Å². The Labute approximate surface area is 133 Å². The van der Waals surface area contributed by atoms with Gasteiger partial charge in [-0.2, -0.15) is 0 Å². The number of nitrogens with zero attached hydrogens (tertiary/aromatic N) is 1. The summed E-state index contributed by atoms with van der Waals surface area (Å²) >= 11 is 12.0. The molecule has 5 heteroatoms. The van der Waals surface area contributed by atoms with E-state index >= 15 is 0 Å². The number of hydrogen-bond donors (Lipinski definition) is 1. The third-order valence-electron chi connectivity index (χ3n) is 3.70. The first-order chi connectivity index (χ1) is 10.1. The van der Waals surface area contributed by atoms with E-state index in [2.05, 4.69) is 10.2 Å². The number of nitrogens with one attached hydrogen (secondary N) is 1. The summed E-state index contributed by atoms with van der Waals surface area (Å²) < 4.78 is 14.1. The highest BCUT2D eigenvalue weighted by Crippen LogP contribution is 2.27. The summed E-state index contributed by atoms with van der Waals surface area (Å²) in [6, 6.07) is 12.7. The van der Waals surface area contributed by atoms with Gasteiger partial charge in [0.15, 0.2) is 0 Å². The van der Waals surface area contributed by atoms with Crippen molar-refractivity contribution in [2.45, 2.75) is 12.6 Å². The van der Waals surface area contributed by atoms with E-state index in [0.717, 1.165) is 18.7 Å². The molecule has 1 heterocycles. The topological polar surface area (TPSA) is 15.3 Å². The Kier molecular flexibility index (Phi) is 4.34. The molecule has 2 aromatic rings. The first-order valence-corrected chi connectivity index (χ1v) is 7.56. The van der Waals surface area contributed by atoms with Crippen molar-refractivity contribution in [3.8, 4) is 0 Å². The molecule has 1 fully saturated rings. The Morgan fingerprint density at radius 1 is 1.10 bits per heavy atom. The maximum atomic E-state index is 14.1. The Bertz CT molecular complexity index is 644. The Hall–Kier alpha value is -1.29. The third-order valence-corrected chi connectivity index (χ3v) is 4.44. The predicted molar refractivity (Wildman–Crippen MR) is 85.7 cm³/mol. The molecule has 2 aromatic carbocycles. The van der Waals surface area contributed by atoms with E-state index in [1.165, 1.54) is 6.07 Å². The molecule has 0 saturated carbocycles. The summed E-state index contributed by atoms with van der Waals surface area (Å²) in [6.07, 6.45) is 0. The first kappa shape index (κ1) is 14.6. The standard InChI is InChI=1S/C16H15Cl2FN2/c17-13-6-5-11(7-14(13)18)10-21(12-8-20-9-12)16-4-2-1-3-15(16)19/h1-7,12,20H,8-10H2. The first-order valence-electron chi connectivity index (χ1n) is 6.81. The Morgan fingerprint density at radius 3 is 2.48 bits per heavy atom. The predicted octanol–water partition coefficient (Wildman–Crippen LogP) is 4.11. The van der Waals surface area contributed by atoms with Gasteiger partial charge in [-0.15, -0.1) is 0 Å². The van der Waals surface area contributed by atoms with E-state index < -0.39 is 0 Å². The highest BCUT2D eigenvalue weighted by molar-refractivity contribution is 6.42. The van der Waals surface area contributed by atoms with Crippen LogP contribution in [-0.4, -0.2) is 19.1 Å². The molecule has 1 aliphatic heterocycles. The minimum Gasteiger partial charge on any atom is -0.359 e. The summed E-state index contributed by atoms with van der Waals surface area (Å²) in [6.45, 7) is 2.31. The van der Waals surface area contributed by atoms with Crippen molar-refractivity contribution < 1.29 is 4.39 Å². The average Bonchev–Trinajstić information content (AvgIpc) is 2.41. The van der Waals surface area contributed by atoms with Gasteiger partial charge in [-0.05, 0) is 29.8 Å². The van der Waals surface area contributed by atoms with E-state index in [1.807, 2.05) is 24.3 Å². The number of para-hydroxylation sites is 1. The quantitative estimate of drug-likeness (QED) is 0.910. The fraction of sp³-hybridized carbons (Fsp3) is 0.250. The smallest absolute Gasteiger partial charge is 0.146 e. The third kappa shape index (κ3) is 3.15. The molecular formula is C16H15Cl2FN2. The highest BCUT2D eigenvalue weighted by atomic mass is 35.5. The van der Waals surface area contributed by atoms with Crippen molar-refractivity contribution in [3.63, 3.8) is 0 Å². The molecule has 21 heavy (non-hydrogen) atoms. The van der Waals surface area contributed by atoms with E-state index in [4.69, 9.17) is 23.2 Å². The van der Waals surface area contributed by atoms with Crippen LogP contribution in [0.25, 0.3) is 0 Å². The van der Waals surface area contributed by atoms with Crippen molar-refractivity contribution in [1.82, 2.24) is 5.32 Å². The fourth-order valence-electron chi connectivity index (χ4n) is 2.42. The number of hydrogen-bond acceptors (Lipinski definition) is 2. The molecule has 0 spiro atoms. The van der Waals surface area contributed by atoms with Gasteiger partial charge in [0.2, 0.25) is 0 Å². The largest absolute Gasteiger partial charge is 0.359 e. The molecule has 0 radical (unpaired) electrons. The molecule has 3 rings (SSSR count). The van der Waals surface area contributed by atoms with Crippen LogP contribution in [-0.2, 0) is 6.54 Å². The highest BCUT2D eigenvalue weighted by Gasteiger charge is 2.26. The normalized spacial score (nSPS) is 14.8. The summed E-state index contributed by atoms with van der Waals surface area (Å²) in [7, 11) is 0. The maximum absolute atomic E-state index is 14.1. The average molecular weight is 325 g/mol. The molecule has 1 N–H and O–H groups in total. The zero-order valence-electron chi connectivity index (χ0n) is 11.3. The number of halogens is 3. The molecule has 0 unspecified atom stereocenters. The van der Waals surface area contributed by atoms with Gasteiger partial charge in [-0.3, -0.25) is 0 Å². The van der Waals surface area contributed by atoms with Crippen molar-refractivity contribution >= 4 is 28.9 Å². The zero-order valence-corrected chi connectivity index (χ0v) is 12.8. The van der Waals surface area contributed by atoms with Crippen LogP contribution in [0, 0.1) is 5.82 Å². The SMILES string of the molecule is Fc1ccccc1N(Cc1ccc(Cl)c(Cl)c1)C1CNC1. The van der Waals surface area contributed by atoms with Gasteiger partial charge in [0.25, 0.3) is 0 Å². The van der Waals surface area contributed by atoms with Crippen LogP contribution in [0.4, 0.5) is 10.1 Å². The van der Waals surface area contributed by atoms with Crippen molar-refractivity contribution in [1.29, 1.82) is 0 Å². The van der Waals surface area contributed by atoms with Crippen molar-refractivity contribution in [2.24, 2.45) is 0 Å². The summed E-state index contributed by atoms with van der Waals surface area (Å²) in [5.41, 5.74) is 1.63. The van der Waals surface area contributed by atoms with Gasteiger partial charge in [0.05, 0.1) is 21.8 Å². The lowest BCUT2D eigenvalue weighted by molar-refractivity contribution is 0.407. The molecule has 2 nitrogen and oxygen atoms in total. The second kappa shape index (κ2) is 6.22. The second-order valence-corrected chi connectivity index (χ2v) is 5.95. The number of anilines is 1. The molecule has 0 atom stereocenters. The fourth-order valence-corrected chi connectivity index (χ4v) is 2.74. The lowest BCUT2D eigenvalue weighted by Gasteiger charge is -2.40. The Balaban J connectivity index is 1.89.